The SMILES string of the molecule is CCCNC(=O)c1ccc(Cl)cc1NCC(=O)Nc1cc(C)ccc1OC. The van der Waals surface area contributed by atoms with Gasteiger partial charge in [-0.15, -0.1) is 0 Å². The Balaban J connectivity index is 2.07. The van der Waals surface area contributed by atoms with E-state index in [1.807, 2.05) is 26.0 Å². The molecule has 0 unspecified atom stereocenters. The summed E-state index contributed by atoms with van der Waals surface area (Å²) in [5, 5.41) is 9.09. The van der Waals surface area contributed by atoms with Gasteiger partial charge < -0.3 is 20.7 Å². The summed E-state index contributed by atoms with van der Waals surface area (Å²) in [6.45, 7) is 4.46. The number of rotatable bonds is 8. The van der Waals surface area contributed by atoms with Crippen molar-refractivity contribution >= 4 is 34.8 Å². The number of nitrogens with one attached hydrogen (secondary N) is 3. The van der Waals surface area contributed by atoms with Crippen LogP contribution >= 0.6 is 11.6 Å². The van der Waals surface area contributed by atoms with E-state index in [9.17, 15) is 9.59 Å². The van der Waals surface area contributed by atoms with Crippen LogP contribution in [0, 0.1) is 6.92 Å². The first-order chi connectivity index (χ1) is 12.9. The lowest BCUT2D eigenvalue weighted by Gasteiger charge is -2.14. The molecule has 0 saturated heterocycles. The third-order valence-electron chi connectivity index (χ3n) is 3.83. The number of halogens is 1. The Labute approximate surface area is 164 Å². The normalized spacial score (nSPS) is 10.2. The monoisotopic (exact) mass is 389 g/mol. The highest BCUT2D eigenvalue weighted by Gasteiger charge is 2.13. The maximum absolute atomic E-state index is 12.3. The summed E-state index contributed by atoms with van der Waals surface area (Å²) in [5.41, 5.74) is 2.54. The Kier molecular flexibility index (Phi) is 7.49. The number of amides is 2. The van der Waals surface area contributed by atoms with Gasteiger partial charge in [0.25, 0.3) is 5.91 Å². The molecule has 0 atom stereocenters. The van der Waals surface area contributed by atoms with E-state index in [1.165, 1.54) is 0 Å². The van der Waals surface area contributed by atoms with Crippen molar-refractivity contribution < 1.29 is 14.3 Å². The maximum atomic E-state index is 12.3. The number of methoxy groups -OCH3 is 1. The van der Waals surface area contributed by atoms with Crippen molar-refractivity contribution in [2.24, 2.45) is 0 Å². The summed E-state index contributed by atoms with van der Waals surface area (Å²) in [6, 6.07) is 10.4. The summed E-state index contributed by atoms with van der Waals surface area (Å²) in [7, 11) is 1.55. The third kappa shape index (κ3) is 5.89. The van der Waals surface area contributed by atoms with Crippen LogP contribution < -0.4 is 20.7 Å². The number of carbonyl (C=O) groups excluding carboxylic acids is 2. The molecule has 0 heterocycles. The first-order valence-electron chi connectivity index (χ1n) is 8.70. The van der Waals surface area contributed by atoms with Gasteiger partial charge >= 0.3 is 0 Å². The van der Waals surface area contributed by atoms with Gasteiger partial charge in [0, 0.05) is 17.3 Å². The van der Waals surface area contributed by atoms with Crippen molar-refractivity contribution in [1.82, 2.24) is 5.32 Å². The molecule has 144 valence electrons. The van der Waals surface area contributed by atoms with Gasteiger partial charge in [0.1, 0.15) is 5.75 Å². The molecule has 0 spiro atoms. The van der Waals surface area contributed by atoms with Gasteiger partial charge in [0.05, 0.1) is 24.9 Å². The number of ether oxygens (including phenoxy) is 1. The fourth-order valence-electron chi connectivity index (χ4n) is 2.48. The fraction of sp³-hybridized carbons (Fsp3) is 0.300. The second-order valence-corrected chi connectivity index (χ2v) is 6.49. The van der Waals surface area contributed by atoms with E-state index >= 15 is 0 Å². The van der Waals surface area contributed by atoms with Gasteiger partial charge in [-0.2, -0.15) is 0 Å². The van der Waals surface area contributed by atoms with Crippen molar-refractivity contribution in [3.05, 3.63) is 52.5 Å². The number of hydrogen-bond donors (Lipinski definition) is 3. The highest BCUT2D eigenvalue weighted by atomic mass is 35.5. The number of hydrogen-bond acceptors (Lipinski definition) is 4. The lowest BCUT2D eigenvalue weighted by Crippen LogP contribution is -2.27. The summed E-state index contributed by atoms with van der Waals surface area (Å²) >= 11 is 6.04. The van der Waals surface area contributed by atoms with Crippen molar-refractivity contribution in [3.8, 4) is 5.75 Å². The predicted octanol–water partition coefficient (Wildman–Crippen LogP) is 3.85. The Bertz CT molecular complexity index is 824. The van der Waals surface area contributed by atoms with E-state index in [-0.39, 0.29) is 18.4 Å². The summed E-state index contributed by atoms with van der Waals surface area (Å²) < 4.78 is 5.26. The van der Waals surface area contributed by atoms with Gasteiger partial charge in [0.15, 0.2) is 0 Å². The van der Waals surface area contributed by atoms with E-state index in [1.54, 1.807) is 31.4 Å². The van der Waals surface area contributed by atoms with Crippen LogP contribution in [0.5, 0.6) is 5.75 Å². The number of anilines is 2. The van der Waals surface area contributed by atoms with Gasteiger partial charge in [-0.3, -0.25) is 9.59 Å². The number of benzene rings is 2. The second-order valence-electron chi connectivity index (χ2n) is 6.05. The van der Waals surface area contributed by atoms with Gasteiger partial charge in [-0.05, 0) is 49.2 Å². The smallest absolute Gasteiger partial charge is 0.253 e. The van der Waals surface area contributed by atoms with Crippen molar-refractivity contribution in [1.29, 1.82) is 0 Å². The zero-order valence-corrected chi connectivity index (χ0v) is 16.4. The molecule has 0 bridgehead atoms. The van der Waals surface area contributed by atoms with E-state index in [4.69, 9.17) is 16.3 Å². The molecule has 2 amide bonds. The Morgan fingerprint density at radius 3 is 2.59 bits per heavy atom. The lowest BCUT2D eigenvalue weighted by molar-refractivity contribution is -0.114. The first kappa shape index (κ1) is 20.6. The molecular formula is C20H24ClN3O3. The molecule has 0 aliphatic heterocycles. The van der Waals surface area contributed by atoms with E-state index in [2.05, 4.69) is 16.0 Å². The van der Waals surface area contributed by atoms with Crippen LogP contribution in [-0.2, 0) is 4.79 Å². The largest absolute Gasteiger partial charge is 0.495 e. The molecule has 2 aromatic rings. The van der Waals surface area contributed by atoms with Crippen LogP contribution in [-0.4, -0.2) is 32.0 Å². The molecule has 0 radical (unpaired) electrons. The molecule has 7 heteroatoms. The van der Waals surface area contributed by atoms with E-state index in [0.29, 0.717) is 34.3 Å². The van der Waals surface area contributed by atoms with Crippen LogP contribution in [0.2, 0.25) is 5.02 Å². The number of aryl methyl sites for hydroxylation is 1. The minimum absolute atomic E-state index is 0.0223. The van der Waals surface area contributed by atoms with Crippen LogP contribution in [0.3, 0.4) is 0 Å². The molecule has 0 saturated carbocycles. The molecule has 0 aromatic heterocycles. The highest BCUT2D eigenvalue weighted by Crippen LogP contribution is 2.25. The molecule has 0 fully saturated rings. The standard InChI is InChI=1S/C20H24ClN3O3/c1-4-9-22-20(26)15-7-6-14(21)11-16(15)23-12-19(25)24-17-10-13(2)5-8-18(17)27-3/h5-8,10-11,23H,4,9,12H2,1-3H3,(H,22,26)(H,24,25). The molecule has 6 nitrogen and oxygen atoms in total. The maximum Gasteiger partial charge on any atom is 0.253 e. The predicted molar refractivity (Wildman–Crippen MR) is 109 cm³/mol. The molecule has 0 aliphatic rings. The summed E-state index contributed by atoms with van der Waals surface area (Å²) in [6.07, 6.45) is 0.836. The zero-order valence-electron chi connectivity index (χ0n) is 15.7. The quantitative estimate of drug-likeness (QED) is 0.640. The average Bonchev–Trinajstić information content (AvgIpc) is 2.64. The average molecular weight is 390 g/mol. The van der Waals surface area contributed by atoms with Crippen LogP contribution in [0.15, 0.2) is 36.4 Å². The molecule has 0 aliphatic carbocycles. The fourth-order valence-corrected chi connectivity index (χ4v) is 2.66. The topological polar surface area (TPSA) is 79.5 Å². The van der Waals surface area contributed by atoms with Crippen molar-refractivity contribution in [2.75, 3.05) is 30.8 Å². The molecular weight excluding hydrogens is 366 g/mol. The van der Waals surface area contributed by atoms with Gasteiger partial charge in [0.2, 0.25) is 5.91 Å². The van der Waals surface area contributed by atoms with E-state index < -0.39 is 0 Å². The van der Waals surface area contributed by atoms with Gasteiger partial charge in [-0.1, -0.05) is 24.6 Å². The van der Waals surface area contributed by atoms with Crippen molar-refractivity contribution in [2.45, 2.75) is 20.3 Å². The molecule has 2 aromatic carbocycles. The minimum Gasteiger partial charge on any atom is -0.495 e. The minimum atomic E-state index is -0.265. The lowest BCUT2D eigenvalue weighted by atomic mass is 10.1. The van der Waals surface area contributed by atoms with Crippen LogP contribution in [0.4, 0.5) is 11.4 Å². The zero-order chi connectivity index (χ0) is 19.8. The Hall–Kier alpha value is -2.73. The second kappa shape index (κ2) is 9.83. The summed E-state index contributed by atoms with van der Waals surface area (Å²) in [4.78, 5) is 24.6. The molecule has 2 rings (SSSR count). The number of carbonyl (C=O) groups is 2. The Morgan fingerprint density at radius 1 is 1.11 bits per heavy atom. The molecule has 27 heavy (non-hydrogen) atoms. The highest BCUT2D eigenvalue weighted by molar-refractivity contribution is 6.31. The van der Waals surface area contributed by atoms with Crippen molar-refractivity contribution in [3.63, 3.8) is 0 Å². The molecule has 3 N–H and O–H groups in total. The summed E-state index contributed by atoms with van der Waals surface area (Å²) in [5.74, 6) is 0.104. The van der Waals surface area contributed by atoms with Crippen LogP contribution in [0.1, 0.15) is 29.3 Å². The van der Waals surface area contributed by atoms with Gasteiger partial charge in [-0.25, -0.2) is 0 Å². The van der Waals surface area contributed by atoms with E-state index in [0.717, 1.165) is 12.0 Å². The van der Waals surface area contributed by atoms with Crippen LogP contribution in [0.25, 0.3) is 0 Å². The third-order valence-corrected chi connectivity index (χ3v) is 4.07. The first-order valence-corrected chi connectivity index (χ1v) is 9.08. The Morgan fingerprint density at radius 2 is 1.89 bits per heavy atom.